The molecule has 0 aliphatic carbocycles. The monoisotopic (exact) mass is 250 g/mol. The van der Waals surface area contributed by atoms with Crippen LogP contribution in [0.2, 0.25) is 0 Å². The van der Waals surface area contributed by atoms with Gasteiger partial charge in [0.25, 0.3) is 0 Å². The summed E-state index contributed by atoms with van der Waals surface area (Å²) in [4.78, 5) is 16.1. The van der Waals surface area contributed by atoms with Gasteiger partial charge in [-0.2, -0.15) is 0 Å². The van der Waals surface area contributed by atoms with Crippen molar-refractivity contribution >= 4 is 5.78 Å². The van der Waals surface area contributed by atoms with Crippen LogP contribution in [0, 0.1) is 5.92 Å². The second-order valence-corrected chi connectivity index (χ2v) is 4.86. The SMILES string of the molecule is CCCOc1cncc(C(=O)C(N)CC(C)C)c1. The van der Waals surface area contributed by atoms with Gasteiger partial charge in [-0.15, -0.1) is 0 Å². The minimum Gasteiger partial charge on any atom is -0.492 e. The van der Waals surface area contributed by atoms with Crippen LogP contribution in [0.1, 0.15) is 44.0 Å². The smallest absolute Gasteiger partial charge is 0.181 e. The van der Waals surface area contributed by atoms with Crippen LogP contribution >= 0.6 is 0 Å². The van der Waals surface area contributed by atoms with Crippen molar-refractivity contribution in [3.05, 3.63) is 24.0 Å². The lowest BCUT2D eigenvalue weighted by molar-refractivity contribution is 0.0950. The number of pyridine rings is 1. The topological polar surface area (TPSA) is 65.2 Å². The molecule has 0 saturated heterocycles. The lowest BCUT2D eigenvalue weighted by Gasteiger charge is -2.13. The summed E-state index contributed by atoms with van der Waals surface area (Å²) in [5, 5.41) is 0. The Hall–Kier alpha value is -1.42. The van der Waals surface area contributed by atoms with Gasteiger partial charge in [0.05, 0.1) is 18.8 Å². The van der Waals surface area contributed by atoms with Crippen LogP contribution in [0.4, 0.5) is 0 Å². The van der Waals surface area contributed by atoms with Crippen LogP contribution in [-0.2, 0) is 0 Å². The molecule has 1 aromatic heterocycles. The van der Waals surface area contributed by atoms with Gasteiger partial charge in [0.2, 0.25) is 0 Å². The number of carbonyl (C=O) groups excluding carboxylic acids is 1. The van der Waals surface area contributed by atoms with Crippen molar-refractivity contribution in [2.24, 2.45) is 11.7 Å². The molecule has 1 heterocycles. The second-order valence-electron chi connectivity index (χ2n) is 4.86. The van der Waals surface area contributed by atoms with E-state index in [4.69, 9.17) is 10.5 Å². The summed E-state index contributed by atoms with van der Waals surface area (Å²) >= 11 is 0. The maximum absolute atomic E-state index is 12.1. The van der Waals surface area contributed by atoms with Crippen molar-refractivity contribution < 1.29 is 9.53 Å². The Labute approximate surface area is 109 Å². The Kier molecular flexibility index (Phi) is 5.78. The lowest BCUT2D eigenvalue weighted by Crippen LogP contribution is -2.32. The fraction of sp³-hybridized carbons (Fsp3) is 0.571. The van der Waals surface area contributed by atoms with E-state index in [9.17, 15) is 4.79 Å². The molecule has 0 amide bonds. The molecule has 1 unspecified atom stereocenters. The number of Topliss-reactive ketones (excluding diaryl/α,β-unsaturated/α-hetero) is 1. The van der Waals surface area contributed by atoms with Crippen molar-refractivity contribution in [3.8, 4) is 5.75 Å². The molecule has 0 aliphatic rings. The number of nitrogens with zero attached hydrogens (tertiary/aromatic N) is 1. The first kappa shape index (κ1) is 14.6. The highest BCUT2D eigenvalue weighted by Crippen LogP contribution is 2.15. The van der Waals surface area contributed by atoms with E-state index in [-0.39, 0.29) is 5.78 Å². The van der Waals surface area contributed by atoms with Crippen LogP contribution in [0.25, 0.3) is 0 Å². The first-order valence-electron chi connectivity index (χ1n) is 6.42. The summed E-state index contributed by atoms with van der Waals surface area (Å²) in [6.45, 7) is 6.75. The minimum atomic E-state index is -0.465. The number of hydrogen-bond donors (Lipinski definition) is 1. The molecule has 1 atom stereocenters. The molecule has 0 fully saturated rings. The van der Waals surface area contributed by atoms with Gasteiger partial charge < -0.3 is 10.5 Å². The van der Waals surface area contributed by atoms with Crippen molar-refractivity contribution in [1.29, 1.82) is 0 Å². The van der Waals surface area contributed by atoms with E-state index in [2.05, 4.69) is 4.98 Å². The van der Waals surface area contributed by atoms with Gasteiger partial charge in [0.1, 0.15) is 5.75 Å². The molecule has 0 aliphatic heterocycles. The van der Waals surface area contributed by atoms with E-state index in [1.165, 1.54) is 0 Å². The van der Waals surface area contributed by atoms with E-state index in [0.29, 0.717) is 30.3 Å². The van der Waals surface area contributed by atoms with Gasteiger partial charge in [0, 0.05) is 11.8 Å². The highest BCUT2D eigenvalue weighted by molar-refractivity contribution is 5.99. The number of ketones is 1. The number of nitrogens with two attached hydrogens (primary N) is 1. The first-order valence-corrected chi connectivity index (χ1v) is 6.42. The van der Waals surface area contributed by atoms with E-state index in [1.54, 1.807) is 18.5 Å². The number of rotatable bonds is 7. The fourth-order valence-electron chi connectivity index (χ4n) is 1.68. The maximum Gasteiger partial charge on any atom is 0.181 e. The third-order valence-electron chi connectivity index (χ3n) is 2.53. The Morgan fingerprint density at radius 2 is 2.17 bits per heavy atom. The van der Waals surface area contributed by atoms with Crippen molar-refractivity contribution in [3.63, 3.8) is 0 Å². The molecule has 2 N–H and O–H groups in total. The average molecular weight is 250 g/mol. The van der Waals surface area contributed by atoms with Crippen molar-refractivity contribution in [2.45, 2.75) is 39.7 Å². The van der Waals surface area contributed by atoms with Gasteiger partial charge >= 0.3 is 0 Å². The van der Waals surface area contributed by atoms with Gasteiger partial charge in [-0.25, -0.2) is 0 Å². The molecular formula is C14H22N2O2. The quantitative estimate of drug-likeness (QED) is 0.755. The van der Waals surface area contributed by atoms with Crippen LogP contribution in [-0.4, -0.2) is 23.4 Å². The number of ether oxygens (including phenoxy) is 1. The van der Waals surface area contributed by atoms with Crippen molar-refractivity contribution in [2.75, 3.05) is 6.61 Å². The molecule has 1 rings (SSSR count). The summed E-state index contributed by atoms with van der Waals surface area (Å²) in [7, 11) is 0. The Bertz CT molecular complexity index is 391. The standard InChI is InChI=1S/C14H22N2O2/c1-4-5-18-12-7-11(8-16-9-12)14(17)13(15)6-10(2)3/h7-10,13H,4-6,15H2,1-3H3. The second kappa shape index (κ2) is 7.11. The van der Waals surface area contributed by atoms with Gasteiger partial charge in [-0.05, 0) is 24.8 Å². The Morgan fingerprint density at radius 3 is 2.78 bits per heavy atom. The predicted molar refractivity (Wildman–Crippen MR) is 71.8 cm³/mol. The molecule has 0 saturated carbocycles. The van der Waals surface area contributed by atoms with Crippen LogP contribution in [0.3, 0.4) is 0 Å². The van der Waals surface area contributed by atoms with E-state index in [0.717, 1.165) is 6.42 Å². The van der Waals surface area contributed by atoms with Gasteiger partial charge in [-0.3, -0.25) is 9.78 Å². The molecule has 18 heavy (non-hydrogen) atoms. The number of carbonyl (C=O) groups is 1. The summed E-state index contributed by atoms with van der Waals surface area (Å²) in [5.41, 5.74) is 6.41. The summed E-state index contributed by atoms with van der Waals surface area (Å²) in [6.07, 6.45) is 4.76. The highest BCUT2D eigenvalue weighted by atomic mass is 16.5. The van der Waals surface area contributed by atoms with Crippen LogP contribution in [0.5, 0.6) is 5.75 Å². The molecule has 0 aromatic carbocycles. The number of aromatic nitrogens is 1. The third-order valence-corrected chi connectivity index (χ3v) is 2.53. The highest BCUT2D eigenvalue weighted by Gasteiger charge is 2.17. The van der Waals surface area contributed by atoms with E-state index < -0.39 is 6.04 Å². The van der Waals surface area contributed by atoms with Crippen LogP contribution < -0.4 is 10.5 Å². The zero-order valence-electron chi connectivity index (χ0n) is 11.3. The molecular weight excluding hydrogens is 228 g/mol. The van der Waals surface area contributed by atoms with Crippen molar-refractivity contribution in [1.82, 2.24) is 4.98 Å². The third kappa shape index (κ3) is 4.45. The summed E-state index contributed by atoms with van der Waals surface area (Å²) < 4.78 is 5.45. The van der Waals surface area contributed by atoms with E-state index >= 15 is 0 Å². The van der Waals surface area contributed by atoms with Gasteiger partial charge in [0.15, 0.2) is 5.78 Å². The fourth-order valence-corrected chi connectivity index (χ4v) is 1.68. The normalized spacial score (nSPS) is 12.5. The molecule has 100 valence electrons. The van der Waals surface area contributed by atoms with E-state index in [1.807, 2.05) is 20.8 Å². The molecule has 1 aromatic rings. The minimum absolute atomic E-state index is 0.0712. The van der Waals surface area contributed by atoms with Crippen LogP contribution in [0.15, 0.2) is 18.5 Å². The molecule has 0 spiro atoms. The predicted octanol–water partition coefficient (Wildman–Crippen LogP) is 2.43. The number of hydrogen-bond acceptors (Lipinski definition) is 4. The largest absolute Gasteiger partial charge is 0.492 e. The Morgan fingerprint density at radius 1 is 1.44 bits per heavy atom. The zero-order valence-corrected chi connectivity index (χ0v) is 11.3. The molecule has 0 radical (unpaired) electrons. The zero-order chi connectivity index (χ0) is 13.5. The summed E-state index contributed by atoms with van der Waals surface area (Å²) in [6, 6.07) is 1.25. The average Bonchev–Trinajstić information content (AvgIpc) is 2.35. The van der Waals surface area contributed by atoms with Gasteiger partial charge in [-0.1, -0.05) is 20.8 Å². The lowest BCUT2D eigenvalue weighted by atomic mass is 9.98. The molecule has 0 bridgehead atoms. The molecule has 4 nitrogen and oxygen atoms in total. The summed E-state index contributed by atoms with van der Waals surface area (Å²) in [5.74, 6) is 0.953. The first-order chi connectivity index (χ1) is 8.54. The maximum atomic E-state index is 12.1. The molecule has 4 heteroatoms. The Balaban J connectivity index is 2.73.